The first-order chi connectivity index (χ1) is 6.80. The summed E-state index contributed by atoms with van der Waals surface area (Å²) in [7, 11) is 0. The Labute approximate surface area is 83.1 Å². The highest BCUT2D eigenvalue weighted by Gasteiger charge is 2.35. The van der Waals surface area contributed by atoms with E-state index in [9.17, 15) is 18.0 Å². The van der Waals surface area contributed by atoms with Gasteiger partial charge in [-0.3, -0.25) is 4.79 Å². The third kappa shape index (κ3) is 2.87. The molecule has 0 radical (unpaired) electrons. The number of aromatic hydroxyl groups is 1. The summed E-state index contributed by atoms with van der Waals surface area (Å²) in [5.74, 6) is -2.02. The average molecular weight is 220 g/mol. The number of hydrogen-bond donors (Lipinski definition) is 1. The van der Waals surface area contributed by atoms with E-state index in [1.54, 1.807) is 0 Å². The number of rotatable bonds is 1. The van der Waals surface area contributed by atoms with Crippen molar-refractivity contribution in [3.8, 4) is 11.5 Å². The van der Waals surface area contributed by atoms with Gasteiger partial charge in [-0.2, -0.15) is 13.2 Å². The number of esters is 1. The highest BCUT2D eigenvalue weighted by molar-refractivity contribution is 5.70. The highest BCUT2D eigenvalue weighted by Crippen LogP contribution is 2.38. The maximum atomic E-state index is 12.4. The molecule has 0 fully saturated rings. The zero-order chi connectivity index (χ0) is 11.6. The fourth-order valence-corrected chi connectivity index (χ4v) is 0.983. The summed E-state index contributed by atoms with van der Waals surface area (Å²) in [4.78, 5) is 10.5. The Hall–Kier alpha value is -1.72. The zero-order valence-corrected chi connectivity index (χ0v) is 7.63. The lowest BCUT2D eigenvalue weighted by Crippen LogP contribution is -2.10. The van der Waals surface area contributed by atoms with Gasteiger partial charge in [0.25, 0.3) is 0 Å². The third-order valence-corrected chi connectivity index (χ3v) is 1.52. The summed E-state index contributed by atoms with van der Waals surface area (Å²) in [6, 6.07) is 2.39. The van der Waals surface area contributed by atoms with Crippen molar-refractivity contribution in [2.75, 3.05) is 0 Å². The molecule has 0 saturated heterocycles. The van der Waals surface area contributed by atoms with E-state index in [0.717, 1.165) is 19.1 Å². The van der Waals surface area contributed by atoms with Gasteiger partial charge in [0.1, 0.15) is 17.1 Å². The predicted molar refractivity (Wildman–Crippen MR) is 44.4 cm³/mol. The van der Waals surface area contributed by atoms with E-state index in [2.05, 4.69) is 4.74 Å². The number of ether oxygens (including phenoxy) is 1. The lowest BCUT2D eigenvalue weighted by Gasteiger charge is -2.11. The molecule has 0 saturated carbocycles. The van der Waals surface area contributed by atoms with Crippen molar-refractivity contribution in [3.63, 3.8) is 0 Å². The number of benzene rings is 1. The van der Waals surface area contributed by atoms with Crippen LogP contribution in [-0.4, -0.2) is 11.1 Å². The summed E-state index contributed by atoms with van der Waals surface area (Å²) in [6.45, 7) is 0.993. The summed E-state index contributed by atoms with van der Waals surface area (Å²) < 4.78 is 41.5. The van der Waals surface area contributed by atoms with Gasteiger partial charge in [-0.15, -0.1) is 0 Å². The minimum absolute atomic E-state index is 0.498. The Morgan fingerprint density at radius 3 is 2.47 bits per heavy atom. The molecule has 1 N–H and O–H groups in total. The van der Waals surface area contributed by atoms with Crippen LogP contribution in [0.3, 0.4) is 0 Å². The second kappa shape index (κ2) is 3.80. The molecule has 1 aromatic rings. The van der Waals surface area contributed by atoms with Gasteiger partial charge in [-0.25, -0.2) is 0 Å². The molecule has 0 aliphatic rings. The molecule has 0 unspecified atom stereocenters. The molecule has 0 heterocycles. The van der Waals surface area contributed by atoms with E-state index in [-0.39, 0.29) is 0 Å². The number of hydrogen-bond acceptors (Lipinski definition) is 3. The highest BCUT2D eigenvalue weighted by atomic mass is 19.4. The minimum atomic E-state index is -4.68. The van der Waals surface area contributed by atoms with Gasteiger partial charge in [-0.05, 0) is 18.2 Å². The molecule has 82 valence electrons. The Morgan fingerprint density at radius 1 is 1.40 bits per heavy atom. The van der Waals surface area contributed by atoms with Crippen molar-refractivity contribution in [2.45, 2.75) is 13.1 Å². The SMILES string of the molecule is CC(=O)Oc1ccc(O)cc1C(F)(F)F. The average Bonchev–Trinajstić information content (AvgIpc) is 2.05. The van der Waals surface area contributed by atoms with Crippen LogP contribution < -0.4 is 4.74 Å². The van der Waals surface area contributed by atoms with Crippen molar-refractivity contribution in [1.29, 1.82) is 0 Å². The monoisotopic (exact) mass is 220 g/mol. The molecule has 1 aromatic carbocycles. The van der Waals surface area contributed by atoms with Gasteiger partial charge >= 0.3 is 12.1 Å². The molecule has 0 bridgehead atoms. The first-order valence-electron chi connectivity index (χ1n) is 3.89. The zero-order valence-electron chi connectivity index (χ0n) is 7.63. The summed E-state index contributed by atoms with van der Waals surface area (Å²) >= 11 is 0. The Bertz CT molecular complexity index is 385. The largest absolute Gasteiger partial charge is 0.508 e. The Morgan fingerprint density at radius 2 is 2.00 bits per heavy atom. The lowest BCUT2D eigenvalue weighted by molar-refractivity contribution is -0.141. The molecule has 15 heavy (non-hydrogen) atoms. The van der Waals surface area contributed by atoms with Gasteiger partial charge in [-0.1, -0.05) is 0 Å². The Balaban J connectivity index is 3.20. The van der Waals surface area contributed by atoms with Crippen LogP contribution >= 0.6 is 0 Å². The number of halogens is 3. The third-order valence-electron chi connectivity index (χ3n) is 1.52. The smallest absolute Gasteiger partial charge is 0.420 e. The van der Waals surface area contributed by atoms with Crippen LogP contribution in [0.5, 0.6) is 11.5 Å². The van der Waals surface area contributed by atoms with E-state index in [1.165, 1.54) is 0 Å². The van der Waals surface area contributed by atoms with Crippen LogP contribution in [0.4, 0.5) is 13.2 Å². The molecule has 6 heteroatoms. The number of carbonyl (C=O) groups excluding carboxylic acids is 1. The van der Waals surface area contributed by atoms with Crippen molar-refractivity contribution >= 4 is 5.97 Å². The van der Waals surface area contributed by atoms with Crippen LogP contribution in [0.15, 0.2) is 18.2 Å². The first-order valence-corrected chi connectivity index (χ1v) is 3.89. The fraction of sp³-hybridized carbons (Fsp3) is 0.222. The molecular weight excluding hydrogens is 213 g/mol. The first kappa shape index (κ1) is 11.4. The van der Waals surface area contributed by atoms with E-state index in [0.29, 0.717) is 6.07 Å². The fourth-order valence-electron chi connectivity index (χ4n) is 0.983. The number of phenolic OH excluding ortho intramolecular Hbond substituents is 1. The van der Waals surface area contributed by atoms with Crippen molar-refractivity contribution in [2.24, 2.45) is 0 Å². The number of carbonyl (C=O) groups is 1. The molecule has 0 aliphatic heterocycles. The molecule has 0 atom stereocenters. The predicted octanol–water partition coefficient (Wildman–Crippen LogP) is 2.34. The van der Waals surface area contributed by atoms with Crippen molar-refractivity contribution in [1.82, 2.24) is 0 Å². The van der Waals surface area contributed by atoms with Crippen LogP contribution in [0.2, 0.25) is 0 Å². The lowest BCUT2D eigenvalue weighted by atomic mass is 10.2. The normalized spacial score (nSPS) is 11.2. The molecule has 0 spiro atoms. The Kier molecular flexibility index (Phi) is 2.88. The minimum Gasteiger partial charge on any atom is -0.508 e. The van der Waals surface area contributed by atoms with Crippen LogP contribution in [0.25, 0.3) is 0 Å². The second-order valence-corrected chi connectivity index (χ2v) is 2.77. The maximum Gasteiger partial charge on any atom is 0.420 e. The van der Waals surface area contributed by atoms with Gasteiger partial charge in [0.2, 0.25) is 0 Å². The molecular formula is C9H7F3O3. The topological polar surface area (TPSA) is 46.5 Å². The van der Waals surface area contributed by atoms with E-state index >= 15 is 0 Å². The molecule has 0 aliphatic carbocycles. The van der Waals surface area contributed by atoms with E-state index in [4.69, 9.17) is 5.11 Å². The van der Waals surface area contributed by atoms with E-state index < -0.39 is 29.2 Å². The van der Waals surface area contributed by atoms with Crippen molar-refractivity contribution < 1.29 is 27.8 Å². The molecule has 3 nitrogen and oxygen atoms in total. The molecule has 1 rings (SSSR count). The summed E-state index contributed by atoms with van der Waals surface area (Å²) in [6.07, 6.45) is -4.68. The summed E-state index contributed by atoms with van der Waals surface area (Å²) in [5.41, 5.74) is -1.18. The van der Waals surface area contributed by atoms with Gasteiger partial charge in [0, 0.05) is 6.92 Å². The van der Waals surface area contributed by atoms with E-state index in [1.807, 2.05) is 0 Å². The van der Waals surface area contributed by atoms with Crippen LogP contribution in [0, 0.1) is 0 Å². The number of phenols is 1. The van der Waals surface area contributed by atoms with Gasteiger partial charge in [0.05, 0.1) is 0 Å². The van der Waals surface area contributed by atoms with Gasteiger partial charge in [0.15, 0.2) is 0 Å². The van der Waals surface area contributed by atoms with Crippen LogP contribution in [-0.2, 0) is 11.0 Å². The second-order valence-electron chi connectivity index (χ2n) is 2.77. The molecule has 0 amide bonds. The number of alkyl halides is 3. The standard InChI is InChI=1S/C9H7F3O3/c1-5(13)15-8-3-2-6(14)4-7(8)9(10,11)12/h2-4,14H,1H3. The maximum absolute atomic E-state index is 12.4. The quantitative estimate of drug-likeness (QED) is 0.583. The van der Waals surface area contributed by atoms with Gasteiger partial charge < -0.3 is 9.84 Å². The van der Waals surface area contributed by atoms with Crippen molar-refractivity contribution in [3.05, 3.63) is 23.8 Å². The van der Waals surface area contributed by atoms with Crippen LogP contribution in [0.1, 0.15) is 12.5 Å². The molecule has 0 aromatic heterocycles. The summed E-state index contributed by atoms with van der Waals surface area (Å²) in [5, 5.41) is 8.89.